The Hall–Kier alpha value is -1.40. The predicted octanol–water partition coefficient (Wildman–Crippen LogP) is 1.53. The van der Waals surface area contributed by atoms with Gasteiger partial charge in [-0.25, -0.2) is 5.10 Å². The van der Waals surface area contributed by atoms with Crippen molar-refractivity contribution in [1.82, 2.24) is 20.4 Å². The molecule has 3 heterocycles. The van der Waals surface area contributed by atoms with Crippen molar-refractivity contribution in [2.45, 2.75) is 46.0 Å². The molecule has 0 saturated carbocycles. The van der Waals surface area contributed by atoms with E-state index >= 15 is 0 Å². The molecule has 0 aliphatic carbocycles. The number of hydrogen-bond acceptors (Lipinski definition) is 4. The van der Waals surface area contributed by atoms with Crippen LogP contribution in [-0.4, -0.2) is 47.2 Å². The third-order valence-electron chi connectivity index (χ3n) is 5.52. The molecule has 0 atom stereocenters. The Morgan fingerprint density at radius 2 is 1.92 bits per heavy atom. The molecule has 2 N–H and O–H groups in total. The zero-order valence-electron chi connectivity index (χ0n) is 14.5. The summed E-state index contributed by atoms with van der Waals surface area (Å²) in [6, 6.07) is 0. The number of nitrogens with one attached hydrogen (secondary N) is 2. The summed E-state index contributed by atoms with van der Waals surface area (Å²) in [5.41, 5.74) is 1.95. The normalized spacial score (nSPS) is 19.3. The quantitative estimate of drug-likeness (QED) is 0.863. The van der Waals surface area contributed by atoms with Crippen molar-refractivity contribution in [1.29, 1.82) is 0 Å². The van der Waals surface area contributed by atoms with Gasteiger partial charge in [-0.1, -0.05) is 13.8 Å². The smallest absolute Gasteiger partial charge is 0.277 e. The maximum absolute atomic E-state index is 12.9. The second kappa shape index (κ2) is 7.66. The number of carbonyl (C=O) groups is 1. The summed E-state index contributed by atoms with van der Waals surface area (Å²) in [6.45, 7) is 7.59. The number of aromatic amines is 1. The van der Waals surface area contributed by atoms with E-state index in [1.807, 2.05) is 18.7 Å². The number of hydrogen-bond donors (Lipinski definition) is 2. The third-order valence-corrected chi connectivity index (χ3v) is 5.52. The zero-order valence-corrected chi connectivity index (χ0v) is 15.3. The highest BCUT2D eigenvalue weighted by atomic mass is 35.5. The number of H-pyrrole nitrogens is 1. The summed E-state index contributed by atoms with van der Waals surface area (Å²) < 4.78 is 0. The lowest BCUT2D eigenvalue weighted by atomic mass is 9.77. The van der Waals surface area contributed by atoms with Gasteiger partial charge in [0.1, 0.15) is 5.56 Å². The van der Waals surface area contributed by atoms with Gasteiger partial charge >= 0.3 is 0 Å². The van der Waals surface area contributed by atoms with Gasteiger partial charge in [0, 0.05) is 19.6 Å². The van der Waals surface area contributed by atoms with Gasteiger partial charge in [-0.05, 0) is 49.6 Å². The van der Waals surface area contributed by atoms with E-state index in [2.05, 4.69) is 15.5 Å². The molecule has 134 valence electrons. The summed E-state index contributed by atoms with van der Waals surface area (Å²) in [6.07, 6.45) is 4.62. The van der Waals surface area contributed by atoms with E-state index in [-0.39, 0.29) is 23.9 Å². The Morgan fingerprint density at radius 3 is 2.46 bits per heavy atom. The van der Waals surface area contributed by atoms with Gasteiger partial charge in [-0.2, -0.15) is 5.10 Å². The second-order valence-electron chi connectivity index (χ2n) is 6.78. The van der Waals surface area contributed by atoms with Crippen molar-refractivity contribution in [2.75, 3.05) is 26.2 Å². The number of nitrogens with zero attached hydrogens (tertiary/aromatic N) is 2. The van der Waals surface area contributed by atoms with Gasteiger partial charge in [-0.3, -0.25) is 9.59 Å². The molecule has 0 unspecified atom stereocenters. The zero-order chi connectivity index (χ0) is 16.4. The average Bonchev–Trinajstić information content (AvgIpc) is 3.02. The molecule has 1 amide bonds. The lowest BCUT2D eigenvalue weighted by Gasteiger charge is -2.39. The van der Waals surface area contributed by atoms with E-state index in [1.54, 1.807) is 0 Å². The maximum atomic E-state index is 12.9. The topological polar surface area (TPSA) is 78.1 Å². The van der Waals surface area contributed by atoms with E-state index in [0.29, 0.717) is 17.4 Å². The lowest BCUT2D eigenvalue weighted by Crippen LogP contribution is -2.45. The first-order chi connectivity index (χ1) is 11.1. The fourth-order valence-electron chi connectivity index (χ4n) is 3.99. The first-order valence-corrected chi connectivity index (χ1v) is 8.70. The first-order valence-electron chi connectivity index (χ1n) is 8.70. The standard InChI is InChI=1S/C17H26N4O2.ClH/c1-3-12-13(4-2)19-20-15(22)14(12)16(23)21-9-6-17(7-10-21)5-8-18-11-17;/h18H,3-11H2,1-2H3,(H,20,22);1H. The first kappa shape index (κ1) is 18.9. The monoisotopic (exact) mass is 354 g/mol. The number of amides is 1. The molecule has 24 heavy (non-hydrogen) atoms. The van der Waals surface area contributed by atoms with Crippen molar-refractivity contribution >= 4 is 18.3 Å². The van der Waals surface area contributed by atoms with Crippen molar-refractivity contribution < 1.29 is 4.79 Å². The van der Waals surface area contributed by atoms with Crippen molar-refractivity contribution in [2.24, 2.45) is 5.41 Å². The van der Waals surface area contributed by atoms with E-state index < -0.39 is 0 Å². The Labute approximate surface area is 148 Å². The number of aryl methyl sites for hydroxylation is 1. The van der Waals surface area contributed by atoms with Gasteiger partial charge in [-0.15, -0.1) is 12.4 Å². The van der Waals surface area contributed by atoms with E-state index in [4.69, 9.17) is 0 Å². The largest absolute Gasteiger partial charge is 0.338 e. The van der Waals surface area contributed by atoms with Crippen LogP contribution in [0.25, 0.3) is 0 Å². The molecular formula is C17H27ClN4O2. The number of carbonyl (C=O) groups excluding carboxylic acids is 1. The predicted molar refractivity (Wildman–Crippen MR) is 95.9 cm³/mol. The molecule has 1 aromatic heterocycles. The molecule has 2 fully saturated rings. The molecule has 0 radical (unpaired) electrons. The fraction of sp³-hybridized carbons (Fsp3) is 0.706. The van der Waals surface area contributed by atoms with Gasteiger partial charge < -0.3 is 10.2 Å². The Morgan fingerprint density at radius 1 is 1.21 bits per heavy atom. The highest BCUT2D eigenvalue weighted by Crippen LogP contribution is 2.37. The molecule has 2 aliphatic heterocycles. The third kappa shape index (κ3) is 3.35. The molecule has 2 aliphatic rings. The van der Waals surface area contributed by atoms with Crippen LogP contribution < -0.4 is 10.9 Å². The SMILES string of the molecule is CCc1n[nH]c(=O)c(C(=O)N2CCC3(CCNC3)CC2)c1CC.Cl. The summed E-state index contributed by atoms with van der Waals surface area (Å²) >= 11 is 0. The van der Waals surface area contributed by atoms with E-state index in [9.17, 15) is 9.59 Å². The van der Waals surface area contributed by atoms with Crippen LogP contribution in [0.5, 0.6) is 0 Å². The summed E-state index contributed by atoms with van der Waals surface area (Å²) in [7, 11) is 0. The molecule has 1 spiro atoms. The second-order valence-corrected chi connectivity index (χ2v) is 6.78. The minimum Gasteiger partial charge on any atom is -0.338 e. The Balaban J connectivity index is 0.00000208. The molecule has 2 saturated heterocycles. The molecular weight excluding hydrogens is 328 g/mol. The van der Waals surface area contributed by atoms with Crippen LogP contribution in [0.2, 0.25) is 0 Å². The number of aromatic nitrogens is 2. The van der Waals surface area contributed by atoms with Gasteiger partial charge in [0.2, 0.25) is 0 Å². The summed E-state index contributed by atoms with van der Waals surface area (Å²) in [5.74, 6) is -0.124. The van der Waals surface area contributed by atoms with Gasteiger partial charge in [0.05, 0.1) is 5.69 Å². The minimum atomic E-state index is -0.355. The number of piperidine rings is 1. The molecule has 6 nitrogen and oxygen atoms in total. The number of halogens is 1. The van der Waals surface area contributed by atoms with Crippen LogP contribution in [0.4, 0.5) is 0 Å². The molecule has 0 aromatic carbocycles. The van der Waals surface area contributed by atoms with Crippen LogP contribution in [0.15, 0.2) is 4.79 Å². The highest BCUT2D eigenvalue weighted by molar-refractivity contribution is 5.95. The van der Waals surface area contributed by atoms with Crippen LogP contribution in [0, 0.1) is 5.41 Å². The molecule has 1 aromatic rings. The van der Waals surface area contributed by atoms with E-state index in [0.717, 1.165) is 56.7 Å². The Bertz CT molecular complexity index is 642. The van der Waals surface area contributed by atoms with E-state index in [1.165, 1.54) is 6.42 Å². The Kier molecular flexibility index (Phi) is 6.04. The van der Waals surface area contributed by atoms with Gasteiger partial charge in [0.15, 0.2) is 0 Å². The van der Waals surface area contributed by atoms with Crippen molar-refractivity contribution in [3.8, 4) is 0 Å². The molecule has 3 rings (SSSR count). The van der Waals surface area contributed by atoms with Crippen LogP contribution in [0.3, 0.4) is 0 Å². The fourth-order valence-corrected chi connectivity index (χ4v) is 3.99. The van der Waals surface area contributed by atoms with Crippen molar-refractivity contribution in [3.63, 3.8) is 0 Å². The van der Waals surface area contributed by atoms with Crippen LogP contribution in [-0.2, 0) is 12.8 Å². The summed E-state index contributed by atoms with van der Waals surface area (Å²) in [4.78, 5) is 27.0. The summed E-state index contributed by atoms with van der Waals surface area (Å²) in [5, 5.41) is 10.0. The minimum absolute atomic E-state index is 0. The van der Waals surface area contributed by atoms with Crippen molar-refractivity contribution in [3.05, 3.63) is 27.2 Å². The lowest BCUT2D eigenvalue weighted by molar-refractivity contribution is 0.0604. The molecule has 7 heteroatoms. The van der Waals surface area contributed by atoms with Gasteiger partial charge in [0.25, 0.3) is 11.5 Å². The average molecular weight is 355 g/mol. The maximum Gasteiger partial charge on any atom is 0.277 e. The number of likely N-dealkylation sites (tertiary alicyclic amines) is 1. The highest BCUT2D eigenvalue weighted by Gasteiger charge is 2.38. The van der Waals surface area contributed by atoms with Crippen LogP contribution in [0.1, 0.15) is 54.7 Å². The molecule has 0 bridgehead atoms. The van der Waals surface area contributed by atoms with Crippen LogP contribution >= 0.6 is 12.4 Å². The number of rotatable bonds is 3.